The van der Waals surface area contributed by atoms with E-state index in [9.17, 15) is 12.3 Å². The summed E-state index contributed by atoms with van der Waals surface area (Å²) < 4.78 is 33.0. The van der Waals surface area contributed by atoms with Crippen molar-refractivity contribution in [2.24, 2.45) is 0 Å². The van der Waals surface area contributed by atoms with E-state index in [1.165, 1.54) is 0 Å². The van der Waals surface area contributed by atoms with Gasteiger partial charge in [0.2, 0.25) is 0 Å². The van der Waals surface area contributed by atoms with E-state index >= 15 is 0 Å². The Morgan fingerprint density at radius 3 is 2.00 bits per heavy atom. The summed E-state index contributed by atoms with van der Waals surface area (Å²) >= 11 is 0. The molecule has 0 aromatic carbocycles. The fourth-order valence-corrected chi connectivity index (χ4v) is 1.31. The maximum Gasteiger partial charge on any atom is 0.368 e. The summed E-state index contributed by atoms with van der Waals surface area (Å²) in [6.45, 7) is 3.15. The van der Waals surface area contributed by atoms with Crippen molar-refractivity contribution in [2.45, 2.75) is 19.0 Å². The van der Waals surface area contributed by atoms with Gasteiger partial charge in [-0.05, 0) is 19.9 Å². The van der Waals surface area contributed by atoms with Crippen molar-refractivity contribution in [1.82, 2.24) is 9.97 Å². The summed E-state index contributed by atoms with van der Waals surface area (Å²) in [7, 11) is -4.77. The van der Waals surface area contributed by atoms with Gasteiger partial charge in [0.05, 0.1) is 0 Å². The largest absolute Gasteiger partial charge is 0.368 e. The van der Waals surface area contributed by atoms with Crippen LogP contribution in [-0.4, -0.2) is 18.4 Å². The molecule has 0 saturated carbocycles. The van der Waals surface area contributed by atoms with Crippen LogP contribution in [0.5, 0.6) is 0 Å². The van der Waals surface area contributed by atoms with Crippen molar-refractivity contribution in [1.29, 1.82) is 0 Å². The summed E-state index contributed by atoms with van der Waals surface area (Å²) in [5.74, 6) is 0. The number of rotatable bonds is 1. The van der Waals surface area contributed by atoms with E-state index in [2.05, 4.69) is 9.97 Å². The second kappa shape index (κ2) is 2.78. The molecule has 1 aromatic heterocycles. The fourth-order valence-electron chi connectivity index (χ4n) is 0.803. The van der Waals surface area contributed by atoms with Crippen LogP contribution in [0.3, 0.4) is 0 Å². The summed E-state index contributed by atoms with van der Waals surface area (Å²) in [6.07, 6.45) is 0. The van der Waals surface area contributed by atoms with Crippen LogP contribution in [0.2, 0.25) is 0 Å². The molecule has 1 heterocycles. The van der Waals surface area contributed by atoms with E-state index in [1.54, 1.807) is 19.9 Å². The number of aromatic nitrogens is 2. The molecule has 1 rings (SSSR count). The second-order valence-electron chi connectivity index (χ2n) is 2.37. The highest BCUT2D eigenvalue weighted by Crippen LogP contribution is 2.07. The zero-order chi connectivity index (χ0) is 9.35. The highest BCUT2D eigenvalue weighted by Gasteiger charge is 2.16. The van der Waals surface area contributed by atoms with E-state index in [0.29, 0.717) is 11.4 Å². The van der Waals surface area contributed by atoms with Gasteiger partial charge in [-0.2, -0.15) is 8.42 Å². The van der Waals surface area contributed by atoms with Crippen LogP contribution < -0.4 is 0 Å². The first-order valence-electron chi connectivity index (χ1n) is 3.16. The normalized spacial score (nSPS) is 11.6. The Hall–Kier alpha value is -1.04. The van der Waals surface area contributed by atoms with Gasteiger partial charge >= 0.3 is 10.2 Å². The maximum atomic E-state index is 12.3. The van der Waals surface area contributed by atoms with Crippen molar-refractivity contribution in [2.75, 3.05) is 0 Å². The van der Waals surface area contributed by atoms with Crippen LogP contribution in [0.1, 0.15) is 11.4 Å². The molecule has 0 aliphatic rings. The molecular formula is C6H7FN2O2S. The Labute approximate surface area is 69.7 Å². The smallest absolute Gasteiger partial charge is 0.221 e. The molecule has 0 aliphatic carbocycles. The van der Waals surface area contributed by atoms with Crippen LogP contribution >= 0.6 is 0 Å². The molecule has 0 atom stereocenters. The Kier molecular flexibility index (Phi) is 2.10. The molecule has 0 radical (unpaired) electrons. The van der Waals surface area contributed by atoms with Crippen molar-refractivity contribution in [3.05, 3.63) is 17.5 Å². The first-order chi connectivity index (χ1) is 5.39. The third-order valence-corrected chi connectivity index (χ3v) is 1.80. The third kappa shape index (κ3) is 1.97. The molecule has 0 spiro atoms. The Bertz CT molecular complexity index is 382. The van der Waals surface area contributed by atoms with Gasteiger partial charge in [-0.25, -0.2) is 9.97 Å². The molecule has 66 valence electrons. The molecular weight excluding hydrogens is 183 g/mol. The lowest BCUT2D eigenvalue weighted by Gasteiger charge is -1.97. The van der Waals surface area contributed by atoms with Gasteiger partial charge in [0.1, 0.15) is 0 Å². The number of aryl methyl sites for hydroxylation is 2. The molecule has 0 unspecified atom stereocenters. The van der Waals surface area contributed by atoms with E-state index in [1.807, 2.05) is 0 Å². The van der Waals surface area contributed by atoms with Gasteiger partial charge in [-0.3, -0.25) is 0 Å². The minimum absolute atomic E-state index is 0.429. The SMILES string of the molecule is Cc1cc(C)nc(S(=O)(=O)F)n1. The fraction of sp³-hybridized carbons (Fsp3) is 0.333. The number of halogens is 1. The summed E-state index contributed by atoms with van der Waals surface area (Å²) in [6, 6.07) is 1.56. The molecule has 1 aromatic rings. The van der Waals surface area contributed by atoms with Gasteiger partial charge in [0.15, 0.2) is 0 Å². The Morgan fingerprint density at radius 1 is 1.25 bits per heavy atom. The van der Waals surface area contributed by atoms with Gasteiger partial charge in [-0.15, -0.1) is 0 Å². The zero-order valence-electron chi connectivity index (χ0n) is 6.57. The quantitative estimate of drug-likeness (QED) is 0.484. The lowest BCUT2D eigenvalue weighted by molar-refractivity contribution is 0.540. The molecule has 0 fully saturated rings. The molecule has 0 amide bonds. The Balaban J connectivity index is 3.37. The lowest BCUT2D eigenvalue weighted by atomic mass is 10.4. The van der Waals surface area contributed by atoms with Gasteiger partial charge in [-0.1, -0.05) is 3.89 Å². The van der Waals surface area contributed by atoms with Crippen molar-refractivity contribution >= 4 is 10.2 Å². The van der Waals surface area contributed by atoms with Gasteiger partial charge in [0.25, 0.3) is 5.16 Å². The van der Waals surface area contributed by atoms with E-state index in [0.717, 1.165) is 0 Å². The van der Waals surface area contributed by atoms with E-state index < -0.39 is 15.4 Å². The summed E-state index contributed by atoms with van der Waals surface area (Å²) in [5, 5.41) is -0.764. The first-order valence-corrected chi connectivity index (χ1v) is 4.55. The average Bonchev–Trinajstić information content (AvgIpc) is 1.82. The molecule has 6 heteroatoms. The molecule has 4 nitrogen and oxygen atoms in total. The monoisotopic (exact) mass is 190 g/mol. The van der Waals surface area contributed by atoms with E-state index in [-0.39, 0.29) is 0 Å². The van der Waals surface area contributed by atoms with Crippen LogP contribution in [0.4, 0.5) is 3.89 Å². The molecule has 0 saturated heterocycles. The summed E-state index contributed by atoms with van der Waals surface area (Å²) in [5.41, 5.74) is 0.859. The van der Waals surface area contributed by atoms with E-state index in [4.69, 9.17) is 0 Å². The lowest BCUT2D eigenvalue weighted by Crippen LogP contribution is -2.02. The van der Waals surface area contributed by atoms with Gasteiger partial charge < -0.3 is 0 Å². The number of hydrogen-bond donors (Lipinski definition) is 0. The third-order valence-electron chi connectivity index (χ3n) is 1.18. The van der Waals surface area contributed by atoms with Gasteiger partial charge in [0, 0.05) is 11.4 Å². The summed E-state index contributed by atoms with van der Waals surface area (Å²) in [4.78, 5) is 6.86. The highest BCUT2D eigenvalue weighted by atomic mass is 32.3. The van der Waals surface area contributed by atoms with Crippen molar-refractivity contribution < 1.29 is 12.3 Å². The van der Waals surface area contributed by atoms with Crippen molar-refractivity contribution in [3.63, 3.8) is 0 Å². The molecule has 0 aliphatic heterocycles. The van der Waals surface area contributed by atoms with Crippen LogP contribution in [-0.2, 0) is 10.2 Å². The predicted molar refractivity (Wildman–Crippen MR) is 39.8 cm³/mol. The number of nitrogens with zero attached hydrogens (tertiary/aromatic N) is 2. The second-order valence-corrected chi connectivity index (χ2v) is 3.61. The molecule has 12 heavy (non-hydrogen) atoms. The molecule has 0 bridgehead atoms. The minimum Gasteiger partial charge on any atom is -0.221 e. The first kappa shape index (κ1) is 9.05. The average molecular weight is 190 g/mol. The zero-order valence-corrected chi connectivity index (χ0v) is 7.39. The maximum absolute atomic E-state index is 12.3. The highest BCUT2D eigenvalue weighted by molar-refractivity contribution is 7.86. The minimum atomic E-state index is -4.77. The topological polar surface area (TPSA) is 59.9 Å². The molecule has 0 N–H and O–H groups in total. The predicted octanol–water partition coefficient (Wildman–Crippen LogP) is 0.752. The van der Waals surface area contributed by atoms with Crippen LogP contribution in [0.25, 0.3) is 0 Å². The van der Waals surface area contributed by atoms with Crippen molar-refractivity contribution in [3.8, 4) is 0 Å². The standard InChI is InChI=1S/C6H7FN2O2S/c1-4-3-5(2)9-6(8-4)12(7,10)11/h3H,1-2H3. The van der Waals surface area contributed by atoms with Crippen LogP contribution in [0, 0.1) is 13.8 Å². The van der Waals surface area contributed by atoms with Crippen LogP contribution in [0.15, 0.2) is 11.2 Å². The number of hydrogen-bond acceptors (Lipinski definition) is 4. The Morgan fingerprint density at radius 2 is 1.67 bits per heavy atom.